The number of benzene rings is 1. The van der Waals surface area contributed by atoms with Crippen molar-refractivity contribution in [2.24, 2.45) is 0 Å². The van der Waals surface area contributed by atoms with E-state index in [1.807, 2.05) is 12.1 Å². The summed E-state index contributed by atoms with van der Waals surface area (Å²) in [6.45, 7) is 1.59. The van der Waals surface area contributed by atoms with E-state index in [1.54, 1.807) is 6.07 Å². The normalized spacial score (nSPS) is 25.2. The van der Waals surface area contributed by atoms with Gasteiger partial charge in [-0.1, -0.05) is 6.07 Å². The summed E-state index contributed by atoms with van der Waals surface area (Å²) < 4.78 is 11.5. The van der Waals surface area contributed by atoms with E-state index in [0.29, 0.717) is 17.1 Å². The number of rotatable bonds is 0. The molecule has 1 fully saturated rings. The molecule has 2 heterocycles. The van der Waals surface area contributed by atoms with Crippen molar-refractivity contribution >= 4 is 12.4 Å². The summed E-state index contributed by atoms with van der Waals surface area (Å²) in [6, 6.07) is 7.50. The van der Waals surface area contributed by atoms with Crippen LogP contribution < -0.4 is 14.8 Å². The van der Waals surface area contributed by atoms with Gasteiger partial charge in [0.1, 0.15) is 18.3 Å². The lowest BCUT2D eigenvalue weighted by Gasteiger charge is -2.29. The van der Waals surface area contributed by atoms with Gasteiger partial charge in [-0.3, -0.25) is 0 Å². The third kappa shape index (κ3) is 1.58. The lowest BCUT2D eigenvalue weighted by atomic mass is 10.1. The lowest BCUT2D eigenvalue weighted by molar-refractivity contribution is 0.0549. The highest BCUT2D eigenvalue weighted by molar-refractivity contribution is 5.85. The number of para-hydroxylation sites is 1. The Morgan fingerprint density at radius 1 is 1.25 bits per heavy atom. The van der Waals surface area contributed by atoms with Crippen molar-refractivity contribution in [3.8, 4) is 17.6 Å². The second kappa shape index (κ2) is 4.20. The molecule has 16 heavy (non-hydrogen) atoms. The molecule has 3 rings (SSSR count). The van der Waals surface area contributed by atoms with E-state index < -0.39 is 0 Å². The zero-order chi connectivity index (χ0) is 10.3. The first-order chi connectivity index (χ1) is 7.38. The van der Waals surface area contributed by atoms with Gasteiger partial charge in [0.25, 0.3) is 0 Å². The van der Waals surface area contributed by atoms with Gasteiger partial charge >= 0.3 is 0 Å². The van der Waals surface area contributed by atoms with Crippen LogP contribution in [0.3, 0.4) is 0 Å². The third-order valence-corrected chi connectivity index (χ3v) is 2.75. The Morgan fingerprint density at radius 3 is 2.75 bits per heavy atom. The van der Waals surface area contributed by atoms with Crippen LogP contribution in [0.2, 0.25) is 0 Å². The van der Waals surface area contributed by atoms with Crippen molar-refractivity contribution in [1.29, 1.82) is 5.26 Å². The molecular weight excluding hydrogens is 228 g/mol. The molecule has 0 spiro atoms. The number of nitrogens with zero attached hydrogens (tertiary/aromatic N) is 1. The number of halogens is 1. The van der Waals surface area contributed by atoms with E-state index in [-0.39, 0.29) is 24.6 Å². The first-order valence-electron chi connectivity index (χ1n) is 4.95. The maximum Gasteiger partial charge on any atom is 0.179 e. The molecule has 84 valence electrons. The topological polar surface area (TPSA) is 54.3 Å². The van der Waals surface area contributed by atoms with Gasteiger partial charge in [0, 0.05) is 13.1 Å². The van der Waals surface area contributed by atoms with Crippen molar-refractivity contribution < 1.29 is 9.47 Å². The van der Waals surface area contributed by atoms with Crippen LogP contribution in [-0.4, -0.2) is 25.3 Å². The predicted octanol–water partition coefficient (Wildman–Crippen LogP) is 1.09. The molecule has 4 nitrogen and oxygen atoms in total. The molecule has 1 aromatic rings. The minimum Gasteiger partial charge on any atom is -0.481 e. The van der Waals surface area contributed by atoms with Crippen LogP contribution in [0.25, 0.3) is 0 Å². The first kappa shape index (κ1) is 11.1. The van der Waals surface area contributed by atoms with Crippen LogP contribution in [0.4, 0.5) is 0 Å². The second-order valence-electron chi connectivity index (χ2n) is 3.72. The summed E-state index contributed by atoms with van der Waals surface area (Å²) >= 11 is 0. The van der Waals surface area contributed by atoms with E-state index in [0.717, 1.165) is 13.1 Å². The Kier molecular flexibility index (Phi) is 2.90. The van der Waals surface area contributed by atoms with E-state index in [9.17, 15) is 0 Å². The first-order valence-corrected chi connectivity index (χ1v) is 4.95. The molecule has 1 saturated heterocycles. The van der Waals surface area contributed by atoms with Gasteiger partial charge in [-0.15, -0.1) is 12.4 Å². The monoisotopic (exact) mass is 238 g/mol. The Hall–Kier alpha value is -1.44. The Balaban J connectivity index is 0.000000963. The zero-order valence-electron chi connectivity index (χ0n) is 8.47. The van der Waals surface area contributed by atoms with Gasteiger partial charge in [0.05, 0.1) is 5.56 Å². The van der Waals surface area contributed by atoms with Gasteiger partial charge in [0.15, 0.2) is 11.5 Å². The van der Waals surface area contributed by atoms with Crippen molar-refractivity contribution in [1.82, 2.24) is 5.32 Å². The fourth-order valence-corrected chi connectivity index (χ4v) is 2.00. The molecule has 0 radical (unpaired) electrons. The van der Waals surface area contributed by atoms with Crippen LogP contribution in [0.15, 0.2) is 18.2 Å². The highest BCUT2D eigenvalue weighted by atomic mass is 35.5. The average Bonchev–Trinajstić information content (AvgIpc) is 2.72. The molecule has 1 aromatic carbocycles. The summed E-state index contributed by atoms with van der Waals surface area (Å²) in [5.41, 5.74) is 0.540. The smallest absolute Gasteiger partial charge is 0.179 e. The molecule has 2 aliphatic rings. The standard InChI is InChI=1S/C11H10N2O2.ClH/c12-4-7-2-1-3-8-11(7)15-10-6-13-5-9(10)14-8;/h1-3,9-10,13H,5-6H2;1H/t9-,10-;/m0./s1. The van der Waals surface area contributed by atoms with Gasteiger partial charge in [-0.2, -0.15) is 5.26 Å². The molecule has 0 bridgehead atoms. The Morgan fingerprint density at radius 2 is 2.00 bits per heavy atom. The second-order valence-corrected chi connectivity index (χ2v) is 3.72. The molecule has 0 unspecified atom stereocenters. The maximum atomic E-state index is 8.93. The number of hydrogen-bond acceptors (Lipinski definition) is 4. The number of nitrogens with one attached hydrogen (secondary N) is 1. The predicted molar refractivity (Wildman–Crippen MR) is 60.1 cm³/mol. The fourth-order valence-electron chi connectivity index (χ4n) is 2.00. The summed E-state index contributed by atoms with van der Waals surface area (Å²) in [4.78, 5) is 0. The van der Waals surface area contributed by atoms with Crippen LogP contribution >= 0.6 is 12.4 Å². The third-order valence-electron chi connectivity index (χ3n) is 2.75. The number of fused-ring (bicyclic) bond motifs is 2. The maximum absolute atomic E-state index is 8.93. The number of ether oxygens (including phenoxy) is 2. The molecule has 0 amide bonds. The highest BCUT2D eigenvalue weighted by Gasteiger charge is 2.36. The van der Waals surface area contributed by atoms with Crippen molar-refractivity contribution in [3.05, 3.63) is 23.8 Å². The SMILES string of the molecule is Cl.N#Cc1cccc2c1O[C@H]1CNC[C@@H]1O2. The Bertz CT molecular complexity index is 444. The zero-order valence-corrected chi connectivity index (χ0v) is 9.29. The van der Waals surface area contributed by atoms with E-state index >= 15 is 0 Å². The molecule has 5 heteroatoms. The van der Waals surface area contributed by atoms with Crippen LogP contribution in [0, 0.1) is 11.3 Å². The molecular formula is C11H11ClN2O2. The van der Waals surface area contributed by atoms with E-state index in [2.05, 4.69) is 11.4 Å². The van der Waals surface area contributed by atoms with Crippen molar-refractivity contribution in [2.75, 3.05) is 13.1 Å². The van der Waals surface area contributed by atoms with Gasteiger partial charge < -0.3 is 14.8 Å². The number of hydrogen-bond donors (Lipinski definition) is 1. The van der Waals surface area contributed by atoms with Gasteiger partial charge in [-0.25, -0.2) is 0 Å². The van der Waals surface area contributed by atoms with E-state index in [1.165, 1.54) is 0 Å². The fraction of sp³-hybridized carbons (Fsp3) is 0.364. The molecule has 0 saturated carbocycles. The number of nitriles is 1. The summed E-state index contributed by atoms with van der Waals surface area (Å²) in [7, 11) is 0. The lowest BCUT2D eigenvalue weighted by Crippen LogP contribution is -2.38. The molecule has 0 aliphatic carbocycles. The minimum absolute atomic E-state index is 0. The largest absolute Gasteiger partial charge is 0.481 e. The molecule has 2 atom stereocenters. The Labute approximate surface area is 99.6 Å². The van der Waals surface area contributed by atoms with Crippen LogP contribution in [-0.2, 0) is 0 Å². The molecule has 1 N–H and O–H groups in total. The highest BCUT2D eigenvalue weighted by Crippen LogP contribution is 2.37. The average molecular weight is 239 g/mol. The van der Waals surface area contributed by atoms with Gasteiger partial charge in [-0.05, 0) is 12.1 Å². The van der Waals surface area contributed by atoms with Crippen LogP contribution in [0.1, 0.15) is 5.56 Å². The summed E-state index contributed by atoms with van der Waals surface area (Å²) in [5, 5.41) is 12.1. The van der Waals surface area contributed by atoms with Crippen molar-refractivity contribution in [2.45, 2.75) is 12.2 Å². The molecule has 2 aliphatic heterocycles. The quantitative estimate of drug-likeness (QED) is 0.735. The van der Waals surface area contributed by atoms with Crippen molar-refractivity contribution in [3.63, 3.8) is 0 Å². The minimum atomic E-state index is 0. The van der Waals surface area contributed by atoms with Gasteiger partial charge in [0.2, 0.25) is 0 Å². The van der Waals surface area contributed by atoms with Crippen LogP contribution in [0.5, 0.6) is 11.5 Å². The molecule has 0 aromatic heterocycles. The van der Waals surface area contributed by atoms with E-state index in [4.69, 9.17) is 14.7 Å². The summed E-state index contributed by atoms with van der Waals surface area (Å²) in [6.07, 6.45) is 0.110. The summed E-state index contributed by atoms with van der Waals surface area (Å²) in [5.74, 6) is 1.27.